The van der Waals surface area contributed by atoms with Crippen LogP contribution in [0.5, 0.6) is 0 Å². The number of nitrogens with zero attached hydrogens (tertiary/aromatic N) is 1. The summed E-state index contributed by atoms with van der Waals surface area (Å²) in [5.74, 6) is 0.478. The zero-order valence-corrected chi connectivity index (χ0v) is 11.1. The van der Waals surface area contributed by atoms with Crippen molar-refractivity contribution in [3.05, 3.63) is 58.3 Å². The van der Waals surface area contributed by atoms with E-state index in [2.05, 4.69) is 52.7 Å². The fourth-order valence-corrected chi connectivity index (χ4v) is 3.46. The smallest absolute Gasteiger partial charge is 0.0328 e. The molecular formula is C15H18N2S. The molecule has 2 heterocycles. The Bertz CT molecular complexity index is 480. The third kappa shape index (κ3) is 2.48. The highest BCUT2D eigenvalue weighted by atomic mass is 32.1. The molecule has 1 saturated heterocycles. The fraction of sp³-hybridized carbons (Fsp3) is 0.333. The normalized spacial score (nSPS) is 24.5. The Hall–Kier alpha value is -1.16. The molecule has 0 saturated carbocycles. The lowest BCUT2D eigenvalue weighted by Crippen LogP contribution is -2.28. The molecule has 1 fully saturated rings. The van der Waals surface area contributed by atoms with Crippen molar-refractivity contribution in [3.8, 4) is 0 Å². The van der Waals surface area contributed by atoms with Gasteiger partial charge in [-0.05, 0) is 17.0 Å². The second-order valence-electron chi connectivity index (χ2n) is 4.95. The van der Waals surface area contributed by atoms with Crippen molar-refractivity contribution in [2.24, 2.45) is 5.73 Å². The predicted molar refractivity (Wildman–Crippen MR) is 76.8 cm³/mol. The third-order valence-electron chi connectivity index (χ3n) is 3.63. The van der Waals surface area contributed by atoms with E-state index in [1.807, 2.05) is 11.3 Å². The molecule has 1 aromatic heterocycles. The molecule has 0 amide bonds. The Balaban J connectivity index is 1.69. The molecule has 1 aliphatic heterocycles. The standard InChI is InChI=1S/C15H18N2S/c16-15-11-17(9-13-7-4-8-18-13)10-14(15)12-5-2-1-3-6-12/h1-8,14-15H,9-11,16H2. The number of nitrogens with two attached hydrogens (primary N) is 1. The summed E-state index contributed by atoms with van der Waals surface area (Å²) in [5, 5.41) is 2.14. The van der Waals surface area contributed by atoms with Gasteiger partial charge in [0.1, 0.15) is 0 Å². The summed E-state index contributed by atoms with van der Waals surface area (Å²) in [6.07, 6.45) is 0. The molecule has 0 spiro atoms. The molecule has 3 heteroatoms. The first-order valence-electron chi connectivity index (χ1n) is 6.38. The van der Waals surface area contributed by atoms with Gasteiger partial charge in [0, 0.05) is 36.5 Å². The van der Waals surface area contributed by atoms with E-state index in [1.165, 1.54) is 10.4 Å². The Morgan fingerprint density at radius 3 is 2.67 bits per heavy atom. The van der Waals surface area contributed by atoms with Gasteiger partial charge in [-0.1, -0.05) is 36.4 Å². The lowest BCUT2D eigenvalue weighted by molar-refractivity contribution is 0.327. The first kappa shape index (κ1) is 11.9. The fourth-order valence-electron chi connectivity index (χ4n) is 2.72. The van der Waals surface area contributed by atoms with Gasteiger partial charge in [-0.3, -0.25) is 4.90 Å². The summed E-state index contributed by atoms with van der Waals surface area (Å²) in [5.41, 5.74) is 7.67. The molecule has 2 nitrogen and oxygen atoms in total. The topological polar surface area (TPSA) is 29.3 Å². The molecule has 0 radical (unpaired) electrons. The zero-order chi connectivity index (χ0) is 12.4. The molecular weight excluding hydrogens is 240 g/mol. The molecule has 3 rings (SSSR count). The van der Waals surface area contributed by atoms with Gasteiger partial charge in [-0.15, -0.1) is 11.3 Å². The number of thiophene rings is 1. The lowest BCUT2D eigenvalue weighted by Gasteiger charge is -2.15. The highest BCUT2D eigenvalue weighted by Crippen LogP contribution is 2.27. The second-order valence-corrected chi connectivity index (χ2v) is 5.99. The number of likely N-dealkylation sites (tertiary alicyclic amines) is 1. The maximum absolute atomic E-state index is 6.29. The molecule has 0 aliphatic carbocycles. The van der Waals surface area contributed by atoms with E-state index < -0.39 is 0 Å². The average Bonchev–Trinajstić information content (AvgIpc) is 3.01. The summed E-state index contributed by atoms with van der Waals surface area (Å²) >= 11 is 1.83. The second kappa shape index (κ2) is 5.22. The van der Waals surface area contributed by atoms with Crippen LogP contribution in [0.2, 0.25) is 0 Å². The summed E-state index contributed by atoms with van der Waals surface area (Å²) in [6, 6.07) is 15.2. The van der Waals surface area contributed by atoms with Crippen LogP contribution in [0, 0.1) is 0 Å². The van der Waals surface area contributed by atoms with Crippen LogP contribution >= 0.6 is 11.3 Å². The van der Waals surface area contributed by atoms with Crippen molar-refractivity contribution < 1.29 is 0 Å². The van der Waals surface area contributed by atoms with Gasteiger partial charge in [0.25, 0.3) is 0 Å². The highest BCUT2D eigenvalue weighted by molar-refractivity contribution is 7.09. The first-order valence-corrected chi connectivity index (χ1v) is 7.26. The van der Waals surface area contributed by atoms with Gasteiger partial charge >= 0.3 is 0 Å². The van der Waals surface area contributed by atoms with E-state index in [-0.39, 0.29) is 6.04 Å². The maximum atomic E-state index is 6.29. The molecule has 0 bridgehead atoms. The van der Waals surface area contributed by atoms with E-state index in [0.717, 1.165) is 19.6 Å². The van der Waals surface area contributed by atoms with Crippen molar-refractivity contribution in [2.75, 3.05) is 13.1 Å². The minimum Gasteiger partial charge on any atom is -0.326 e. The van der Waals surface area contributed by atoms with Crippen LogP contribution in [0.1, 0.15) is 16.4 Å². The monoisotopic (exact) mass is 258 g/mol. The Kier molecular flexibility index (Phi) is 3.46. The largest absolute Gasteiger partial charge is 0.326 e. The summed E-state index contributed by atoms with van der Waals surface area (Å²) in [7, 11) is 0. The molecule has 2 unspecified atom stereocenters. The van der Waals surface area contributed by atoms with Crippen LogP contribution in [0.4, 0.5) is 0 Å². The Morgan fingerprint density at radius 1 is 1.11 bits per heavy atom. The molecule has 1 aromatic carbocycles. The van der Waals surface area contributed by atoms with Gasteiger partial charge in [0.05, 0.1) is 0 Å². The van der Waals surface area contributed by atoms with Crippen molar-refractivity contribution in [2.45, 2.75) is 18.5 Å². The molecule has 18 heavy (non-hydrogen) atoms. The Morgan fingerprint density at radius 2 is 1.94 bits per heavy atom. The zero-order valence-electron chi connectivity index (χ0n) is 10.3. The van der Waals surface area contributed by atoms with Crippen LogP contribution in [-0.4, -0.2) is 24.0 Å². The van der Waals surface area contributed by atoms with E-state index in [9.17, 15) is 0 Å². The van der Waals surface area contributed by atoms with E-state index in [0.29, 0.717) is 5.92 Å². The van der Waals surface area contributed by atoms with Crippen molar-refractivity contribution in [3.63, 3.8) is 0 Å². The summed E-state index contributed by atoms with van der Waals surface area (Å²) < 4.78 is 0. The van der Waals surface area contributed by atoms with Crippen molar-refractivity contribution in [1.82, 2.24) is 4.90 Å². The van der Waals surface area contributed by atoms with Crippen LogP contribution in [0.25, 0.3) is 0 Å². The first-order chi connectivity index (χ1) is 8.83. The van der Waals surface area contributed by atoms with Crippen LogP contribution in [-0.2, 0) is 6.54 Å². The average molecular weight is 258 g/mol. The third-order valence-corrected chi connectivity index (χ3v) is 4.49. The van der Waals surface area contributed by atoms with Crippen LogP contribution < -0.4 is 5.73 Å². The van der Waals surface area contributed by atoms with Crippen molar-refractivity contribution in [1.29, 1.82) is 0 Å². The van der Waals surface area contributed by atoms with Gasteiger partial charge in [-0.2, -0.15) is 0 Å². The molecule has 2 N–H and O–H groups in total. The van der Waals surface area contributed by atoms with Gasteiger partial charge < -0.3 is 5.73 Å². The summed E-state index contributed by atoms with van der Waals surface area (Å²) in [6.45, 7) is 3.11. The number of benzene rings is 1. The number of hydrogen-bond donors (Lipinski definition) is 1. The highest BCUT2D eigenvalue weighted by Gasteiger charge is 2.30. The van der Waals surface area contributed by atoms with E-state index in [4.69, 9.17) is 5.73 Å². The lowest BCUT2D eigenvalue weighted by atomic mass is 9.95. The van der Waals surface area contributed by atoms with E-state index >= 15 is 0 Å². The van der Waals surface area contributed by atoms with Crippen LogP contribution in [0.3, 0.4) is 0 Å². The molecule has 2 aromatic rings. The Labute approximate surface area is 112 Å². The SMILES string of the molecule is NC1CN(Cc2cccs2)CC1c1ccccc1. The number of rotatable bonds is 3. The molecule has 2 atom stereocenters. The quantitative estimate of drug-likeness (QED) is 0.917. The number of hydrogen-bond acceptors (Lipinski definition) is 3. The minimum atomic E-state index is 0.257. The van der Waals surface area contributed by atoms with Gasteiger partial charge in [-0.25, -0.2) is 0 Å². The molecule has 94 valence electrons. The van der Waals surface area contributed by atoms with Crippen molar-refractivity contribution >= 4 is 11.3 Å². The van der Waals surface area contributed by atoms with Gasteiger partial charge in [0.15, 0.2) is 0 Å². The van der Waals surface area contributed by atoms with E-state index in [1.54, 1.807) is 0 Å². The van der Waals surface area contributed by atoms with Crippen LogP contribution in [0.15, 0.2) is 47.8 Å². The van der Waals surface area contributed by atoms with Gasteiger partial charge in [0.2, 0.25) is 0 Å². The predicted octanol–water partition coefficient (Wildman–Crippen LogP) is 2.67. The minimum absolute atomic E-state index is 0.257. The maximum Gasteiger partial charge on any atom is 0.0328 e. The molecule has 1 aliphatic rings. The summed E-state index contributed by atoms with van der Waals surface area (Å²) in [4.78, 5) is 3.89.